The lowest BCUT2D eigenvalue weighted by Gasteiger charge is -2.13. The van der Waals surface area contributed by atoms with Gasteiger partial charge in [0.05, 0.1) is 66.7 Å². The molecule has 0 aliphatic carbocycles. The van der Waals surface area contributed by atoms with Gasteiger partial charge in [0.15, 0.2) is 0 Å². The number of benzene rings is 18. The van der Waals surface area contributed by atoms with E-state index in [0.717, 1.165) is 78.1 Å². The Hall–Kier alpha value is -15.4. The topological polar surface area (TPSA) is 71.3 Å². The van der Waals surface area contributed by atoms with Crippen molar-refractivity contribution in [3.63, 3.8) is 0 Å². The van der Waals surface area contributed by atoms with Crippen LogP contribution in [-0.4, -0.2) is 38.2 Å². The average Bonchev–Trinajstić information content (AvgIpc) is 1.55. The number of hydrogen-bond acceptors (Lipinski definition) is 4. The predicted molar refractivity (Wildman–Crippen MR) is 474 cm³/mol. The summed E-state index contributed by atoms with van der Waals surface area (Å²) in [6.07, 6.45) is 0. The number of aromatic nitrogens is 8. The van der Waals surface area contributed by atoms with Gasteiger partial charge in [-0.2, -0.15) is 0 Å². The van der Waals surface area contributed by atoms with Crippen LogP contribution in [-0.2, 0) is 0 Å². The Morgan fingerprint density at radius 1 is 0.175 bits per heavy atom. The summed E-state index contributed by atoms with van der Waals surface area (Å²) in [5.41, 5.74) is 27.7. The van der Waals surface area contributed by atoms with E-state index in [1.54, 1.807) is 0 Å². The second kappa shape index (κ2) is 26.2. The van der Waals surface area contributed by atoms with E-state index in [1.165, 1.54) is 131 Å². The fourth-order valence-corrected chi connectivity index (χ4v) is 18.0. The highest BCUT2D eigenvalue weighted by molar-refractivity contribution is 6.28. The molecule has 24 aromatic rings. The summed E-state index contributed by atoms with van der Waals surface area (Å²) in [7, 11) is 0. The molecule has 6 heterocycles. The second-order valence-corrected chi connectivity index (χ2v) is 29.6. The number of fused-ring (bicyclic) bond motifs is 7. The van der Waals surface area contributed by atoms with Crippen LogP contribution < -0.4 is 0 Å². The van der Waals surface area contributed by atoms with Crippen LogP contribution >= 0.6 is 0 Å². The first kappa shape index (κ1) is 64.6. The van der Waals surface area contributed by atoms with Crippen LogP contribution in [0.25, 0.3) is 221 Å². The summed E-state index contributed by atoms with van der Waals surface area (Å²) in [5, 5.41) is 15.7. The monoisotopic (exact) mass is 1450 g/mol. The van der Waals surface area contributed by atoms with Gasteiger partial charge in [-0.15, -0.1) is 0 Å². The molecule has 530 valence electrons. The van der Waals surface area contributed by atoms with E-state index in [1.807, 2.05) is 6.07 Å². The lowest BCUT2D eigenvalue weighted by molar-refractivity contribution is 0.996. The molecule has 114 heavy (non-hydrogen) atoms. The van der Waals surface area contributed by atoms with Crippen LogP contribution in [0, 0.1) is 0 Å². The first-order valence-electron chi connectivity index (χ1n) is 38.8. The molecule has 0 spiro atoms. The molecule has 0 aliphatic heterocycles. The Balaban J connectivity index is 0.000000139. The van der Waals surface area contributed by atoms with Crippen molar-refractivity contribution in [2.75, 3.05) is 0 Å². The maximum Gasteiger partial charge on any atom is 0.235 e. The fraction of sp³-hybridized carbons (Fsp3) is 0. The van der Waals surface area contributed by atoms with E-state index in [9.17, 15) is 0 Å². The summed E-state index contributed by atoms with van der Waals surface area (Å²) in [5.74, 6) is 1.31. The Morgan fingerprint density at radius 2 is 0.526 bits per heavy atom. The van der Waals surface area contributed by atoms with Crippen LogP contribution in [0.4, 0.5) is 0 Å². The Bertz CT molecular complexity index is 7760. The largest absolute Gasteiger partial charge is 0.309 e. The summed E-state index contributed by atoms with van der Waals surface area (Å²) in [6, 6.07) is 143. The molecule has 24 rings (SSSR count). The zero-order chi connectivity index (χ0) is 74.9. The fourth-order valence-electron chi connectivity index (χ4n) is 18.0. The van der Waals surface area contributed by atoms with Crippen LogP contribution in [0.15, 0.2) is 400 Å². The summed E-state index contributed by atoms with van der Waals surface area (Å²) >= 11 is 0. The molecular weight excluding hydrogens is 1390 g/mol. The zero-order valence-electron chi connectivity index (χ0n) is 61.7. The maximum absolute atomic E-state index is 5.42. The van der Waals surface area contributed by atoms with Crippen molar-refractivity contribution in [3.05, 3.63) is 400 Å². The SMILES string of the molecule is c1ccc(-c2ccc(-c3cc(-c4ccc(-c5ccccc5)cc4)nc(-n4c5cccc6ccc7c(-c8ccc9c(c8)c8ccccc8n9-c8ccccc8)ccc4c7c65)n3)cc2)cc1.c1ccc(-c2nc(-n3c4cccc5ccc6c(-c7ccc8c(c7)c7ccccc7n8-c7ccccc7)ccc3c6c54)nc3ccccc23)cc1. The molecule has 6 aromatic heterocycles. The molecule has 18 aromatic carbocycles. The third kappa shape index (κ3) is 10.4. The summed E-state index contributed by atoms with van der Waals surface area (Å²) in [6.45, 7) is 0. The highest BCUT2D eigenvalue weighted by Crippen LogP contribution is 2.47. The minimum Gasteiger partial charge on any atom is -0.309 e. The van der Waals surface area contributed by atoms with Gasteiger partial charge in [-0.05, 0) is 163 Å². The normalized spacial score (nSPS) is 11.9. The molecule has 8 heteroatoms. The molecule has 8 nitrogen and oxygen atoms in total. The highest BCUT2D eigenvalue weighted by atomic mass is 15.2. The average molecular weight is 1450 g/mol. The van der Waals surface area contributed by atoms with Gasteiger partial charge >= 0.3 is 0 Å². The van der Waals surface area contributed by atoms with Crippen molar-refractivity contribution < 1.29 is 0 Å². The minimum atomic E-state index is 0.639. The lowest BCUT2D eigenvalue weighted by Crippen LogP contribution is -2.04. The smallest absolute Gasteiger partial charge is 0.235 e. The van der Waals surface area contributed by atoms with Crippen molar-refractivity contribution in [3.8, 4) is 102 Å². The zero-order valence-corrected chi connectivity index (χ0v) is 61.7. The van der Waals surface area contributed by atoms with Gasteiger partial charge in [0.1, 0.15) is 0 Å². The van der Waals surface area contributed by atoms with Crippen LogP contribution in [0.2, 0.25) is 0 Å². The predicted octanol–water partition coefficient (Wildman–Crippen LogP) is 27.3. The maximum atomic E-state index is 5.42. The van der Waals surface area contributed by atoms with Crippen LogP contribution in [0.1, 0.15) is 0 Å². The Kier molecular flexibility index (Phi) is 14.8. The molecule has 0 unspecified atom stereocenters. The number of nitrogens with zero attached hydrogens (tertiary/aromatic N) is 8. The second-order valence-electron chi connectivity index (χ2n) is 29.6. The number of para-hydroxylation sites is 5. The van der Waals surface area contributed by atoms with Crippen molar-refractivity contribution in [2.45, 2.75) is 0 Å². The van der Waals surface area contributed by atoms with E-state index in [0.29, 0.717) is 11.9 Å². The minimum absolute atomic E-state index is 0.639. The molecule has 0 radical (unpaired) electrons. The van der Waals surface area contributed by atoms with Gasteiger partial charge in [0.2, 0.25) is 11.9 Å². The van der Waals surface area contributed by atoms with E-state index in [-0.39, 0.29) is 0 Å². The molecule has 0 saturated heterocycles. The molecule has 0 bridgehead atoms. The summed E-state index contributed by atoms with van der Waals surface area (Å²) < 4.78 is 9.27. The van der Waals surface area contributed by atoms with Gasteiger partial charge in [-0.25, -0.2) is 19.9 Å². The molecule has 0 fully saturated rings. The molecule has 0 atom stereocenters. The van der Waals surface area contributed by atoms with Crippen molar-refractivity contribution in [1.29, 1.82) is 0 Å². The van der Waals surface area contributed by atoms with Gasteiger partial charge < -0.3 is 9.13 Å². The molecule has 0 saturated carbocycles. The molecule has 0 aliphatic rings. The third-order valence-corrected chi connectivity index (χ3v) is 23.2. The number of hydrogen-bond donors (Lipinski definition) is 0. The van der Waals surface area contributed by atoms with E-state index in [2.05, 4.69) is 413 Å². The molecule has 0 amide bonds. The van der Waals surface area contributed by atoms with Gasteiger partial charge in [0, 0.05) is 76.5 Å². The Morgan fingerprint density at radius 3 is 1.00 bits per heavy atom. The highest BCUT2D eigenvalue weighted by Gasteiger charge is 2.26. The van der Waals surface area contributed by atoms with Crippen LogP contribution in [0.5, 0.6) is 0 Å². The summed E-state index contributed by atoms with van der Waals surface area (Å²) in [4.78, 5) is 21.3. The van der Waals surface area contributed by atoms with Crippen LogP contribution in [0.3, 0.4) is 0 Å². The van der Waals surface area contributed by atoms with Gasteiger partial charge in [-0.3, -0.25) is 9.13 Å². The van der Waals surface area contributed by atoms with Crippen molar-refractivity contribution >= 4 is 120 Å². The standard InChI is InChI=1S/C60H38N4.C46H28N4/c1-4-13-39(14-5-1)41-23-27-43(28-24-41)52-38-53(44-29-25-42(26-30-44)40-15-6-2-7-16-40)62-60(61-52)64-56-22-12-17-45-31-33-50-48(34-36-57(64)59(50)58(45)56)46-32-35-55-51(37-46)49-20-10-11-21-54(49)63(55)47-18-8-3-9-19-47;1-3-12-30(13-4-1)45-36-18-7-9-19-38(36)47-46(48-45)50-41-21-11-14-29-22-24-35-33(25-27-42(50)44(35)43(29)41)31-23-26-40-37(28-31)34-17-8-10-20-39(34)49(40)32-15-5-2-6-16-32/h1-38H;1-28H. The van der Waals surface area contributed by atoms with Gasteiger partial charge in [-0.1, -0.05) is 303 Å². The molecule has 0 N–H and O–H groups in total. The Labute approximate surface area is 655 Å². The lowest BCUT2D eigenvalue weighted by atomic mass is 9.94. The van der Waals surface area contributed by atoms with Crippen molar-refractivity contribution in [1.82, 2.24) is 38.2 Å². The van der Waals surface area contributed by atoms with Crippen molar-refractivity contribution in [2.24, 2.45) is 0 Å². The third-order valence-electron chi connectivity index (χ3n) is 23.2. The van der Waals surface area contributed by atoms with Gasteiger partial charge in [0.25, 0.3) is 0 Å². The van der Waals surface area contributed by atoms with E-state index >= 15 is 0 Å². The molecular formula is C106H66N8. The van der Waals surface area contributed by atoms with E-state index in [4.69, 9.17) is 19.9 Å². The number of rotatable bonds is 11. The van der Waals surface area contributed by atoms with E-state index < -0.39 is 0 Å². The quantitative estimate of drug-likeness (QED) is 0.121. The first-order valence-corrected chi connectivity index (χ1v) is 38.8. The first-order chi connectivity index (χ1) is 56.5.